The molecule has 120 valence electrons. The highest BCUT2D eigenvalue weighted by Crippen LogP contribution is 2.31. The molecule has 2 atom stereocenters. The molecule has 2 aromatic rings. The Kier molecular flexibility index (Phi) is 3.87. The second-order valence-corrected chi connectivity index (χ2v) is 6.43. The van der Waals surface area contributed by atoms with Gasteiger partial charge in [-0.1, -0.05) is 0 Å². The number of pyridine rings is 2. The molecule has 4 heterocycles. The van der Waals surface area contributed by atoms with Crippen LogP contribution in [0.15, 0.2) is 42.9 Å². The lowest BCUT2D eigenvalue weighted by molar-refractivity contribution is 0.254. The van der Waals surface area contributed by atoms with E-state index in [2.05, 4.69) is 32.9 Å². The lowest BCUT2D eigenvalue weighted by Gasteiger charge is -2.27. The predicted molar refractivity (Wildman–Crippen MR) is 90.0 cm³/mol. The lowest BCUT2D eigenvalue weighted by Crippen LogP contribution is -2.36. The van der Waals surface area contributed by atoms with Crippen molar-refractivity contribution in [2.75, 3.05) is 25.0 Å². The third-order valence-electron chi connectivity index (χ3n) is 5.09. The largest absolute Gasteiger partial charge is 0.437 e. The van der Waals surface area contributed by atoms with Crippen molar-refractivity contribution in [1.29, 1.82) is 0 Å². The molecule has 2 unspecified atom stereocenters. The van der Waals surface area contributed by atoms with Crippen LogP contribution in [0.3, 0.4) is 0 Å². The molecular formula is C18H22N4O. The van der Waals surface area contributed by atoms with Gasteiger partial charge in [-0.2, -0.15) is 0 Å². The van der Waals surface area contributed by atoms with E-state index in [1.54, 1.807) is 12.4 Å². The number of hydrogen-bond acceptors (Lipinski definition) is 5. The topological polar surface area (TPSA) is 41.5 Å². The first-order valence-electron chi connectivity index (χ1n) is 8.30. The normalized spacial score (nSPS) is 24.5. The van der Waals surface area contributed by atoms with Gasteiger partial charge in [0.1, 0.15) is 5.75 Å². The lowest BCUT2D eigenvalue weighted by atomic mass is 10.1. The van der Waals surface area contributed by atoms with Crippen LogP contribution in [0, 0.1) is 0 Å². The SMILES string of the molecule is CN1C2CCC1CN(c1ccc(Oc3cccnc3)nc1)CC2. The molecule has 2 aliphatic heterocycles. The molecule has 0 aliphatic carbocycles. The zero-order valence-corrected chi connectivity index (χ0v) is 13.4. The van der Waals surface area contributed by atoms with Crippen LogP contribution in [-0.4, -0.2) is 47.1 Å². The van der Waals surface area contributed by atoms with Gasteiger partial charge < -0.3 is 9.64 Å². The quantitative estimate of drug-likeness (QED) is 0.872. The maximum Gasteiger partial charge on any atom is 0.219 e. The Morgan fingerprint density at radius 3 is 2.78 bits per heavy atom. The van der Waals surface area contributed by atoms with E-state index in [0.717, 1.165) is 19.1 Å². The maximum absolute atomic E-state index is 5.71. The highest BCUT2D eigenvalue weighted by atomic mass is 16.5. The molecule has 4 rings (SSSR count). The predicted octanol–water partition coefficient (Wildman–Crippen LogP) is 2.94. The maximum atomic E-state index is 5.71. The molecule has 2 bridgehead atoms. The first-order valence-corrected chi connectivity index (χ1v) is 8.30. The number of aromatic nitrogens is 2. The standard InChI is InChI=1S/C18H22N4O/c1-21-14-4-5-16(21)13-22(10-8-14)15-6-7-18(20-11-15)23-17-3-2-9-19-12-17/h2-3,6-7,9,11-12,14,16H,4-5,8,10,13H2,1H3. The summed E-state index contributed by atoms with van der Waals surface area (Å²) in [6.07, 6.45) is 9.24. The summed E-state index contributed by atoms with van der Waals surface area (Å²) in [5, 5.41) is 0. The van der Waals surface area contributed by atoms with Crippen molar-refractivity contribution < 1.29 is 4.74 Å². The van der Waals surface area contributed by atoms with Gasteiger partial charge in [0.2, 0.25) is 5.88 Å². The van der Waals surface area contributed by atoms with Crippen LogP contribution in [0.5, 0.6) is 11.6 Å². The van der Waals surface area contributed by atoms with Crippen LogP contribution in [0.4, 0.5) is 5.69 Å². The highest BCUT2D eigenvalue weighted by Gasteiger charge is 2.34. The Balaban J connectivity index is 1.46. The molecule has 0 N–H and O–H groups in total. The zero-order chi connectivity index (χ0) is 15.6. The summed E-state index contributed by atoms with van der Waals surface area (Å²) >= 11 is 0. The minimum atomic E-state index is 0.607. The number of hydrogen-bond donors (Lipinski definition) is 0. The summed E-state index contributed by atoms with van der Waals surface area (Å²) in [5.41, 5.74) is 1.18. The van der Waals surface area contributed by atoms with Gasteiger partial charge in [-0.05, 0) is 44.5 Å². The van der Waals surface area contributed by atoms with Crippen LogP contribution in [-0.2, 0) is 0 Å². The van der Waals surface area contributed by atoms with Crippen molar-refractivity contribution in [3.63, 3.8) is 0 Å². The van der Waals surface area contributed by atoms with E-state index < -0.39 is 0 Å². The number of ether oxygens (including phenoxy) is 1. The third-order valence-corrected chi connectivity index (χ3v) is 5.09. The molecule has 0 saturated carbocycles. The van der Waals surface area contributed by atoms with Gasteiger partial charge in [0.15, 0.2) is 0 Å². The van der Waals surface area contributed by atoms with Crippen molar-refractivity contribution in [3.8, 4) is 11.6 Å². The van der Waals surface area contributed by atoms with E-state index in [1.165, 1.54) is 24.9 Å². The molecule has 2 saturated heterocycles. The minimum Gasteiger partial charge on any atom is -0.437 e. The molecule has 0 spiro atoms. The summed E-state index contributed by atoms with van der Waals surface area (Å²) in [4.78, 5) is 13.5. The smallest absolute Gasteiger partial charge is 0.219 e. The Hall–Kier alpha value is -2.14. The van der Waals surface area contributed by atoms with Gasteiger partial charge in [-0.25, -0.2) is 4.98 Å². The Bertz CT molecular complexity index is 646. The van der Waals surface area contributed by atoms with Gasteiger partial charge in [0, 0.05) is 37.4 Å². The van der Waals surface area contributed by atoms with Gasteiger partial charge in [-0.3, -0.25) is 9.88 Å². The van der Waals surface area contributed by atoms with Crippen LogP contribution < -0.4 is 9.64 Å². The third kappa shape index (κ3) is 3.01. The molecule has 2 fully saturated rings. The highest BCUT2D eigenvalue weighted by molar-refractivity contribution is 5.46. The molecule has 5 heteroatoms. The van der Waals surface area contributed by atoms with E-state index >= 15 is 0 Å². The minimum absolute atomic E-state index is 0.607. The molecular weight excluding hydrogens is 288 g/mol. The average Bonchev–Trinajstić information content (AvgIpc) is 2.82. The Labute approximate surface area is 136 Å². The number of likely N-dealkylation sites (N-methyl/N-ethyl adjacent to an activating group) is 1. The van der Waals surface area contributed by atoms with Crippen molar-refractivity contribution >= 4 is 5.69 Å². The van der Waals surface area contributed by atoms with Crippen LogP contribution in [0.2, 0.25) is 0 Å². The van der Waals surface area contributed by atoms with Crippen LogP contribution in [0.1, 0.15) is 19.3 Å². The first kappa shape index (κ1) is 14.5. The van der Waals surface area contributed by atoms with Gasteiger partial charge in [0.25, 0.3) is 0 Å². The van der Waals surface area contributed by atoms with E-state index in [4.69, 9.17) is 4.74 Å². The van der Waals surface area contributed by atoms with E-state index in [1.807, 2.05) is 24.4 Å². The second kappa shape index (κ2) is 6.16. The van der Waals surface area contributed by atoms with E-state index in [-0.39, 0.29) is 0 Å². The molecule has 0 amide bonds. The summed E-state index contributed by atoms with van der Waals surface area (Å²) in [6.45, 7) is 2.20. The van der Waals surface area contributed by atoms with E-state index in [9.17, 15) is 0 Å². The molecule has 5 nitrogen and oxygen atoms in total. The van der Waals surface area contributed by atoms with Crippen molar-refractivity contribution in [3.05, 3.63) is 42.9 Å². The fourth-order valence-corrected chi connectivity index (χ4v) is 3.69. The first-order chi connectivity index (χ1) is 11.3. The number of rotatable bonds is 3. The summed E-state index contributed by atoms with van der Waals surface area (Å²) in [5.74, 6) is 1.32. The fourth-order valence-electron chi connectivity index (χ4n) is 3.69. The van der Waals surface area contributed by atoms with Crippen molar-refractivity contribution in [2.24, 2.45) is 0 Å². The summed E-state index contributed by atoms with van der Waals surface area (Å²) < 4.78 is 5.71. The van der Waals surface area contributed by atoms with Crippen LogP contribution >= 0.6 is 0 Å². The number of nitrogens with zero attached hydrogens (tertiary/aromatic N) is 4. The van der Waals surface area contributed by atoms with Crippen molar-refractivity contribution in [1.82, 2.24) is 14.9 Å². The monoisotopic (exact) mass is 310 g/mol. The summed E-state index contributed by atoms with van der Waals surface area (Å²) in [7, 11) is 2.27. The fraction of sp³-hybridized carbons (Fsp3) is 0.444. The number of anilines is 1. The van der Waals surface area contributed by atoms with Gasteiger partial charge in [-0.15, -0.1) is 0 Å². The molecule has 0 radical (unpaired) electrons. The number of fused-ring (bicyclic) bond motifs is 2. The van der Waals surface area contributed by atoms with Crippen molar-refractivity contribution in [2.45, 2.75) is 31.3 Å². The Morgan fingerprint density at radius 2 is 2.00 bits per heavy atom. The zero-order valence-electron chi connectivity index (χ0n) is 13.4. The van der Waals surface area contributed by atoms with Crippen LogP contribution in [0.25, 0.3) is 0 Å². The Morgan fingerprint density at radius 1 is 1.09 bits per heavy atom. The molecule has 23 heavy (non-hydrogen) atoms. The molecule has 0 aromatic carbocycles. The second-order valence-electron chi connectivity index (χ2n) is 6.43. The van der Waals surface area contributed by atoms with Gasteiger partial charge in [0.05, 0.1) is 18.1 Å². The summed E-state index contributed by atoms with van der Waals surface area (Å²) in [6, 6.07) is 9.21. The molecule has 2 aliphatic rings. The molecule has 2 aromatic heterocycles. The average molecular weight is 310 g/mol. The van der Waals surface area contributed by atoms with Gasteiger partial charge >= 0.3 is 0 Å². The van der Waals surface area contributed by atoms with E-state index in [0.29, 0.717) is 17.7 Å².